The Morgan fingerprint density at radius 3 is 2.82 bits per heavy atom. The minimum absolute atomic E-state index is 0.179. The van der Waals surface area contributed by atoms with Crippen LogP contribution in [0.2, 0.25) is 5.02 Å². The molecule has 4 nitrogen and oxygen atoms in total. The number of aromatic nitrogens is 2. The van der Waals surface area contributed by atoms with Gasteiger partial charge in [0.1, 0.15) is 17.7 Å². The van der Waals surface area contributed by atoms with Crippen molar-refractivity contribution in [3.8, 4) is 0 Å². The second-order valence-corrected chi connectivity index (χ2v) is 6.14. The van der Waals surface area contributed by atoms with Gasteiger partial charge < -0.3 is 10.1 Å². The van der Waals surface area contributed by atoms with Crippen molar-refractivity contribution >= 4 is 11.6 Å². The van der Waals surface area contributed by atoms with Gasteiger partial charge in [-0.1, -0.05) is 17.7 Å². The van der Waals surface area contributed by atoms with Crippen molar-refractivity contribution in [2.45, 2.75) is 25.5 Å². The Balaban J connectivity index is 1.58. The molecular weight excluding hydrogens is 305 g/mol. The predicted molar refractivity (Wildman–Crippen MR) is 83.0 cm³/mol. The molecule has 1 atom stereocenters. The fraction of sp³-hybridized carbons (Fsp3) is 0.438. The molecule has 0 radical (unpaired) electrons. The summed E-state index contributed by atoms with van der Waals surface area (Å²) in [5, 5.41) is 10.8. The first-order chi connectivity index (χ1) is 10.6. The lowest BCUT2D eigenvalue weighted by Gasteiger charge is -2.33. The van der Waals surface area contributed by atoms with Gasteiger partial charge in [0.2, 0.25) is 0 Å². The molecule has 1 aliphatic heterocycles. The lowest BCUT2D eigenvalue weighted by atomic mass is 9.90. The number of aliphatic hydroxyl groups is 1. The summed E-state index contributed by atoms with van der Waals surface area (Å²) in [5.41, 5.74) is 0.550. The maximum absolute atomic E-state index is 13.8. The fourth-order valence-corrected chi connectivity index (χ4v) is 3.22. The molecule has 2 aromatic rings. The monoisotopic (exact) mass is 323 g/mol. The van der Waals surface area contributed by atoms with E-state index in [0.29, 0.717) is 23.0 Å². The topological polar surface area (TPSA) is 52.2 Å². The van der Waals surface area contributed by atoms with E-state index in [0.717, 1.165) is 25.9 Å². The highest BCUT2D eigenvalue weighted by Crippen LogP contribution is 2.30. The molecule has 0 amide bonds. The summed E-state index contributed by atoms with van der Waals surface area (Å²) in [5.74, 6) is 0.541. The second kappa shape index (κ2) is 6.77. The molecule has 1 fully saturated rings. The number of hydrogen-bond donors (Lipinski definition) is 2. The zero-order valence-corrected chi connectivity index (χ0v) is 12.9. The summed E-state index contributed by atoms with van der Waals surface area (Å²) in [6.07, 6.45) is 4.51. The number of nitrogens with one attached hydrogen (secondary N) is 1. The molecule has 2 N–H and O–H groups in total. The minimum atomic E-state index is -0.561. The van der Waals surface area contributed by atoms with Gasteiger partial charge in [-0.2, -0.15) is 0 Å². The maximum atomic E-state index is 13.8. The zero-order valence-electron chi connectivity index (χ0n) is 12.2. The van der Waals surface area contributed by atoms with Gasteiger partial charge in [-0.3, -0.25) is 4.90 Å². The predicted octanol–water partition coefficient (Wildman–Crippen LogP) is 3.15. The highest BCUT2D eigenvalue weighted by atomic mass is 35.5. The molecule has 0 spiro atoms. The summed E-state index contributed by atoms with van der Waals surface area (Å²) in [4.78, 5) is 9.25. The Kier molecular flexibility index (Phi) is 4.76. The number of nitrogens with zero attached hydrogens (tertiary/aromatic N) is 2. The van der Waals surface area contributed by atoms with Gasteiger partial charge in [-0.05, 0) is 44.0 Å². The first-order valence-corrected chi connectivity index (χ1v) is 7.85. The SMILES string of the molecule is O[C@H](c1ncc[nH]1)C1CCN(Cc2c(F)cccc2Cl)CC1. The molecule has 1 aliphatic rings. The van der Waals surface area contributed by atoms with Gasteiger partial charge in [0, 0.05) is 29.5 Å². The highest BCUT2D eigenvalue weighted by molar-refractivity contribution is 6.31. The van der Waals surface area contributed by atoms with E-state index in [2.05, 4.69) is 14.9 Å². The molecule has 118 valence electrons. The highest BCUT2D eigenvalue weighted by Gasteiger charge is 2.28. The van der Waals surface area contributed by atoms with Crippen LogP contribution in [0.5, 0.6) is 0 Å². The maximum Gasteiger partial charge on any atom is 0.135 e. The molecule has 0 aliphatic carbocycles. The fourth-order valence-electron chi connectivity index (χ4n) is 3.00. The van der Waals surface area contributed by atoms with E-state index >= 15 is 0 Å². The Morgan fingerprint density at radius 1 is 1.41 bits per heavy atom. The van der Waals surface area contributed by atoms with E-state index in [4.69, 9.17) is 11.6 Å². The molecule has 1 aromatic heterocycles. The molecule has 0 bridgehead atoms. The van der Waals surface area contributed by atoms with Crippen molar-refractivity contribution in [3.05, 3.63) is 52.8 Å². The Bertz CT molecular complexity index is 592. The Morgan fingerprint density at radius 2 is 2.18 bits per heavy atom. The summed E-state index contributed by atoms with van der Waals surface area (Å²) in [6.45, 7) is 2.13. The van der Waals surface area contributed by atoms with Crippen molar-refractivity contribution in [3.63, 3.8) is 0 Å². The van der Waals surface area contributed by atoms with Gasteiger partial charge in [-0.15, -0.1) is 0 Å². The second-order valence-electron chi connectivity index (χ2n) is 5.73. The normalized spacial score (nSPS) is 18.5. The Labute approximate surface area is 133 Å². The van der Waals surface area contributed by atoms with Crippen LogP contribution in [0, 0.1) is 11.7 Å². The minimum Gasteiger partial charge on any atom is -0.385 e. The van der Waals surface area contributed by atoms with Crippen LogP contribution in [0.3, 0.4) is 0 Å². The van der Waals surface area contributed by atoms with Gasteiger partial charge in [0.05, 0.1) is 0 Å². The first-order valence-electron chi connectivity index (χ1n) is 7.47. The van der Waals surface area contributed by atoms with Gasteiger partial charge in [0.15, 0.2) is 0 Å². The third kappa shape index (κ3) is 3.32. The van der Waals surface area contributed by atoms with Crippen molar-refractivity contribution in [2.75, 3.05) is 13.1 Å². The number of imidazole rings is 1. The third-order valence-electron chi connectivity index (χ3n) is 4.32. The molecule has 1 saturated heterocycles. The van der Waals surface area contributed by atoms with Crippen molar-refractivity contribution in [2.24, 2.45) is 5.92 Å². The van der Waals surface area contributed by atoms with Crippen LogP contribution >= 0.6 is 11.6 Å². The van der Waals surface area contributed by atoms with Crippen LogP contribution in [0.15, 0.2) is 30.6 Å². The average Bonchev–Trinajstić information content (AvgIpc) is 3.05. The van der Waals surface area contributed by atoms with Gasteiger partial charge in [-0.25, -0.2) is 9.37 Å². The number of halogens is 2. The van der Waals surface area contributed by atoms with E-state index in [9.17, 15) is 9.50 Å². The molecule has 3 rings (SSSR count). The van der Waals surface area contributed by atoms with Gasteiger partial charge in [0.25, 0.3) is 0 Å². The number of hydrogen-bond acceptors (Lipinski definition) is 3. The van der Waals surface area contributed by atoms with Crippen LogP contribution in [0.25, 0.3) is 0 Å². The molecule has 0 unspecified atom stereocenters. The van der Waals surface area contributed by atoms with Crippen LogP contribution in [-0.4, -0.2) is 33.1 Å². The van der Waals surface area contributed by atoms with Crippen molar-refractivity contribution < 1.29 is 9.50 Å². The smallest absolute Gasteiger partial charge is 0.135 e. The number of aliphatic hydroxyl groups excluding tert-OH is 1. The third-order valence-corrected chi connectivity index (χ3v) is 4.68. The van der Waals surface area contributed by atoms with Gasteiger partial charge >= 0.3 is 0 Å². The first kappa shape index (κ1) is 15.5. The molecule has 22 heavy (non-hydrogen) atoms. The molecular formula is C16H19ClFN3O. The van der Waals surface area contributed by atoms with Crippen LogP contribution in [0.1, 0.15) is 30.3 Å². The van der Waals surface area contributed by atoms with Crippen LogP contribution in [-0.2, 0) is 6.54 Å². The molecule has 2 heterocycles. The zero-order chi connectivity index (χ0) is 15.5. The Hall–Kier alpha value is -1.43. The molecule has 0 saturated carbocycles. The number of piperidine rings is 1. The van der Waals surface area contributed by atoms with E-state index in [1.54, 1.807) is 24.5 Å². The lowest BCUT2D eigenvalue weighted by molar-refractivity contribution is 0.0512. The summed E-state index contributed by atoms with van der Waals surface area (Å²) >= 11 is 6.08. The van der Waals surface area contributed by atoms with Crippen molar-refractivity contribution in [1.82, 2.24) is 14.9 Å². The molecule has 6 heteroatoms. The largest absolute Gasteiger partial charge is 0.385 e. The average molecular weight is 324 g/mol. The number of aromatic amines is 1. The summed E-state index contributed by atoms with van der Waals surface area (Å²) in [7, 11) is 0. The standard InChI is InChI=1S/C16H19ClFN3O/c17-13-2-1-3-14(18)12(13)10-21-8-4-11(5-9-21)15(22)16-19-6-7-20-16/h1-3,6-7,11,15,22H,4-5,8-10H2,(H,19,20)/t15-/m0/s1. The number of H-pyrrole nitrogens is 1. The van der Waals surface area contributed by atoms with Crippen LogP contribution in [0.4, 0.5) is 4.39 Å². The van der Waals surface area contributed by atoms with Crippen LogP contribution < -0.4 is 0 Å². The van der Waals surface area contributed by atoms with E-state index < -0.39 is 6.10 Å². The molecule has 1 aromatic carbocycles. The number of likely N-dealkylation sites (tertiary alicyclic amines) is 1. The summed E-state index contributed by atoms with van der Waals surface area (Å²) in [6, 6.07) is 4.77. The van der Waals surface area contributed by atoms with E-state index in [-0.39, 0.29) is 11.7 Å². The number of rotatable bonds is 4. The van der Waals surface area contributed by atoms with E-state index in [1.165, 1.54) is 6.07 Å². The van der Waals surface area contributed by atoms with E-state index in [1.807, 2.05) is 0 Å². The quantitative estimate of drug-likeness (QED) is 0.908. The summed E-state index contributed by atoms with van der Waals surface area (Å²) < 4.78 is 13.8. The number of benzene rings is 1. The lowest BCUT2D eigenvalue weighted by Crippen LogP contribution is -2.35. The van der Waals surface area contributed by atoms with Crippen molar-refractivity contribution in [1.29, 1.82) is 0 Å².